The summed E-state index contributed by atoms with van der Waals surface area (Å²) in [4.78, 5) is 28.4. The number of hydrogen-bond acceptors (Lipinski definition) is 9. The van der Waals surface area contributed by atoms with E-state index in [0.717, 1.165) is 13.8 Å². The molecule has 2 N–H and O–H groups in total. The van der Waals surface area contributed by atoms with E-state index in [1.54, 1.807) is 0 Å². The van der Waals surface area contributed by atoms with Crippen LogP contribution in [0.5, 0.6) is 0 Å². The largest absolute Gasteiger partial charge is 0.382 e. The number of carbonyl (C=O) groups excluding carboxylic acids is 2. The fourth-order valence-corrected chi connectivity index (χ4v) is 0.245. The number of aliphatic hydroxyl groups excluding tert-OH is 2. The van der Waals surface area contributed by atoms with Crippen LogP contribution in [0, 0.1) is 0 Å². The fraction of sp³-hybridized carbons (Fsp3) is 0.667. The van der Waals surface area contributed by atoms with Crippen LogP contribution >= 0.6 is 0 Å². The summed E-state index contributed by atoms with van der Waals surface area (Å²) in [7, 11) is 0. The number of hydrogen-bond donors (Lipinski definition) is 2. The topological polar surface area (TPSA) is 121 Å². The lowest BCUT2D eigenvalue weighted by Gasteiger charge is -2.03. The van der Waals surface area contributed by atoms with Crippen LogP contribution in [0.25, 0.3) is 0 Å². The van der Waals surface area contributed by atoms with Gasteiger partial charge in [0.15, 0.2) is 12.2 Å². The summed E-state index contributed by atoms with van der Waals surface area (Å²) < 4.78 is 0. The van der Waals surface area contributed by atoms with Crippen molar-refractivity contribution in [1.82, 2.24) is 0 Å². The second-order valence-corrected chi connectivity index (χ2v) is 2.36. The van der Waals surface area contributed by atoms with Crippen molar-refractivity contribution in [3.05, 3.63) is 0 Å². The van der Waals surface area contributed by atoms with Crippen molar-refractivity contribution in [2.75, 3.05) is 0 Å². The molecule has 0 heterocycles. The quantitative estimate of drug-likeness (QED) is 0.318. The molecule has 2 atom stereocenters. The molecule has 0 aliphatic carbocycles. The molecule has 0 aromatic rings. The Balaban J connectivity index is 3.40. The van der Waals surface area contributed by atoms with Gasteiger partial charge in [-0.05, 0) is 13.8 Å². The zero-order valence-electron chi connectivity index (χ0n) is 7.91. The summed E-state index contributed by atoms with van der Waals surface area (Å²) in [6.45, 7) is 2.25. The van der Waals surface area contributed by atoms with Crippen LogP contribution in [0.3, 0.4) is 0 Å². The molecule has 0 aromatic carbocycles. The molecule has 0 radical (unpaired) electrons. The first-order chi connectivity index (χ1) is 6.95. The molecule has 0 saturated heterocycles. The van der Waals surface area contributed by atoms with E-state index in [9.17, 15) is 9.59 Å². The first kappa shape index (κ1) is 13.7. The van der Waals surface area contributed by atoms with Gasteiger partial charge in [-0.25, -0.2) is 9.59 Å². The Morgan fingerprint density at radius 1 is 0.867 bits per heavy atom. The molecule has 0 saturated carbocycles. The van der Waals surface area contributed by atoms with Gasteiger partial charge in [-0.3, -0.25) is 9.78 Å². The minimum absolute atomic E-state index is 1.13. The van der Waals surface area contributed by atoms with E-state index in [-0.39, 0.29) is 0 Å². The minimum Gasteiger partial charge on any atom is -0.382 e. The summed E-state index contributed by atoms with van der Waals surface area (Å²) in [6.07, 6.45) is -2.82. The van der Waals surface area contributed by atoms with Gasteiger partial charge in [-0.1, -0.05) is 0 Å². The molecule has 9 nitrogen and oxygen atoms in total. The van der Waals surface area contributed by atoms with Crippen LogP contribution in [0.4, 0.5) is 0 Å². The lowest BCUT2D eigenvalue weighted by atomic mass is 10.4. The SMILES string of the molecule is CC(O)C(=O)OOOOOC(=O)C(C)O. The Bertz CT molecular complexity index is 189. The molecule has 0 fully saturated rings. The normalized spacial score (nSPS) is 14.1. The highest BCUT2D eigenvalue weighted by atomic mass is 17.8. The van der Waals surface area contributed by atoms with Crippen molar-refractivity contribution in [3.8, 4) is 0 Å². The van der Waals surface area contributed by atoms with Crippen molar-refractivity contribution < 1.29 is 44.7 Å². The molecule has 2 unspecified atom stereocenters. The number of aliphatic hydroxyl groups is 2. The molecular formula is C6H10O9. The highest BCUT2D eigenvalue weighted by molar-refractivity contribution is 5.73. The number of carbonyl (C=O) groups is 2. The maximum Gasteiger partial charge on any atom is 0.373 e. The summed E-state index contributed by atoms with van der Waals surface area (Å²) in [5.41, 5.74) is 0. The maximum absolute atomic E-state index is 10.5. The maximum atomic E-state index is 10.5. The summed E-state index contributed by atoms with van der Waals surface area (Å²) in [5, 5.41) is 27.9. The molecule has 0 aromatic heterocycles. The summed E-state index contributed by atoms with van der Waals surface area (Å²) in [5.74, 6) is -2.28. The van der Waals surface area contributed by atoms with Gasteiger partial charge in [0.1, 0.15) is 0 Å². The van der Waals surface area contributed by atoms with E-state index >= 15 is 0 Å². The highest BCUT2D eigenvalue weighted by Gasteiger charge is 2.14. The van der Waals surface area contributed by atoms with E-state index in [4.69, 9.17) is 10.2 Å². The molecule has 15 heavy (non-hydrogen) atoms. The van der Waals surface area contributed by atoms with E-state index in [2.05, 4.69) is 24.9 Å². The summed E-state index contributed by atoms with van der Waals surface area (Å²) >= 11 is 0. The Labute approximate surface area is 83.8 Å². The molecular weight excluding hydrogens is 216 g/mol. The second kappa shape index (κ2) is 7.09. The highest BCUT2D eigenvalue weighted by Crippen LogP contribution is 1.93. The lowest BCUT2D eigenvalue weighted by Crippen LogP contribution is -2.21. The average molecular weight is 226 g/mol. The second-order valence-electron chi connectivity index (χ2n) is 2.36. The van der Waals surface area contributed by atoms with Crippen LogP contribution < -0.4 is 0 Å². The number of rotatable bonds is 6. The van der Waals surface area contributed by atoms with Crippen molar-refractivity contribution in [3.63, 3.8) is 0 Å². The summed E-state index contributed by atoms with van der Waals surface area (Å²) in [6, 6.07) is 0. The van der Waals surface area contributed by atoms with Crippen molar-refractivity contribution in [1.29, 1.82) is 0 Å². The van der Waals surface area contributed by atoms with Crippen LogP contribution in [-0.4, -0.2) is 34.4 Å². The Morgan fingerprint density at radius 2 is 1.20 bits per heavy atom. The third-order valence-electron chi connectivity index (χ3n) is 0.970. The van der Waals surface area contributed by atoms with Gasteiger partial charge in [-0.2, -0.15) is 0 Å². The zero-order valence-corrected chi connectivity index (χ0v) is 7.91. The fourth-order valence-electron chi connectivity index (χ4n) is 0.245. The van der Waals surface area contributed by atoms with Gasteiger partial charge in [0.25, 0.3) is 0 Å². The Morgan fingerprint density at radius 3 is 1.47 bits per heavy atom. The van der Waals surface area contributed by atoms with E-state index in [1.807, 2.05) is 0 Å². The zero-order chi connectivity index (χ0) is 11.8. The smallest absolute Gasteiger partial charge is 0.373 e. The van der Waals surface area contributed by atoms with Gasteiger partial charge in [0.05, 0.1) is 0 Å². The van der Waals surface area contributed by atoms with Gasteiger partial charge < -0.3 is 10.2 Å². The average Bonchev–Trinajstić information content (AvgIpc) is 2.16. The van der Waals surface area contributed by atoms with Crippen LogP contribution in [-0.2, 0) is 34.5 Å². The van der Waals surface area contributed by atoms with Crippen molar-refractivity contribution in [2.24, 2.45) is 0 Å². The third kappa shape index (κ3) is 6.76. The molecule has 0 spiro atoms. The van der Waals surface area contributed by atoms with E-state index < -0.39 is 24.1 Å². The first-order valence-electron chi connectivity index (χ1n) is 3.73. The van der Waals surface area contributed by atoms with Gasteiger partial charge in [0.2, 0.25) is 0 Å². The predicted octanol–water partition coefficient (Wildman–Crippen LogP) is -1.46. The molecule has 0 aliphatic heterocycles. The molecule has 9 heteroatoms. The molecule has 88 valence electrons. The minimum atomic E-state index is -1.41. The van der Waals surface area contributed by atoms with Crippen LogP contribution in [0.15, 0.2) is 0 Å². The van der Waals surface area contributed by atoms with Crippen LogP contribution in [0.2, 0.25) is 0 Å². The van der Waals surface area contributed by atoms with Crippen molar-refractivity contribution >= 4 is 11.9 Å². The molecule has 0 aliphatic rings. The third-order valence-corrected chi connectivity index (χ3v) is 0.970. The standard InChI is InChI=1S/C6H10O9/c1-3(7)5(9)11-13-15-14-12-6(10)4(2)8/h3-4,7-8H,1-2H3. The molecule has 0 amide bonds. The molecule has 0 bridgehead atoms. The van der Waals surface area contributed by atoms with Gasteiger partial charge in [-0.15, -0.1) is 0 Å². The van der Waals surface area contributed by atoms with E-state index in [1.165, 1.54) is 0 Å². The van der Waals surface area contributed by atoms with E-state index in [0.29, 0.717) is 0 Å². The van der Waals surface area contributed by atoms with Gasteiger partial charge in [0, 0.05) is 15.1 Å². The lowest BCUT2D eigenvalue weighted by molar-refractivity contribution is -0.687. The van der Waals surface area contributed by atoms with Crippen molar-refractivity contribution in [2.45, 2.75) is 26.1 Å². The van der Waals surface area contributed by atoms with Crippen LogP contribution in [0.1, 0.15) is 13.8 Å². The molecule has 0 rings (SSSR count). The predicted molar refractivity (Wildman–Crippen MR) is 38.8 cm³/mol. The monoisotopic (exact) mass is 226 g/mol. The first-order valence-corrected chi connectivity index (χ1v) is 3.73. The Hall–Kier alpha value is -1.26. The Kier molecular flexibility index (Phi) is 6.49. The van der Waals surface area contributed by atoms with Gasteiger partial charge >= 0.3 is 11.9 Å².